The van der Waals surface area contributed by atoms with Crippen molar-refractivity contribution in [1.82, 2.24) is 9.80 Å². The summed E-state index contributed by atoms with van der Waals surface area (Å²) in [6.07, 6.45) is 6.05. The highest BCUT2D eigenvalue weighted by Gasteiger charge is 2.23. The van der Waals surface area contributed by atoms with Gasteiger partial charge in [-0.2, -0.15) is 5.26 Å². The van der Waals surface area contributed by atoms with E-state index in [0.717, 1.165) is 49.3 Å². The van der Waals surface area contributed by atoms with Crippen LogP contribution in [0.25, 0.3) is 17.2 Å². The number of hydrogen-bond acceptors (Lipinski definition) is 5. The highest BCUT2D eigenvalue weighted by molar-refractivity contribution is 5.79. The number of carbonyl (C=O) groups is 1. The van der Waals surface area contributed by atoms with E-state index in [0.29, 0.717) is 11.6 Å². The Morgan fingerprint density at radius 2 is 2.03 bits per heavy atom. The van der Waals surface area contributed by atoms with Gasteiger partial charge in [0.25, 0.3) is 0 Å². The van der Waals surface area contributed by atoms with Crippen molar-refractivity contribution in [2.24, 2.45) is 5.73 Å². The van der Waals surface area contributed by atoms with Gasteiger partial charge in [-0.15, -0.1) is 0 Å². The lowest BCUT2D eigenvalue weighted by molar-refractivity contribution is -0.130. The van der Waals surface area contributed by atoms with Crippen LogP contribution in [0.15, 0.2) is 42.6 Å². The van der Waals surface area contributed by atoms with E-state index < -0.39 is 0 Å². The summed E-state index contributed by atoms with van der Waals surface area (Å²) in [4.78, 5) is 15.9. The topological polar surface area (TPSA) is 85.4 Å². The minimum Gasteiger partial charge on any atom is -0.382 e. The van der Waals surface area contributed by atoms with Crippen LogP contribution in [-0.4, -0.2) is 48.4 Å². The Bertz CT molecular complexity index is 1010. The Morgan fingerprint density at radius 1 is 1.23 bits per heavy atom. The molecule has 0 aromatic heterocycles. The molecule has 0 atom stereocenters. The van der Waals surface area contributed by atoms with Crippen LogP contribution in [0.5, 0.6) is 0 Å². The third-order valence-corrected chi connectivity index (χ3v) is 5.91. The zero-order valence-electron chi connectivity index (χ0n) is 17.3. The zero-order chi connectivity index (χ0) is 21.1. The maximum atomic E-state index is 11.9. The van der Waals surface area contributed by atoms with Gasteiger partial charge in [0.1, 0.15) is 0 Å². The van der Waals surface area contributed by atoms with Crippen molar-refractivity contribution in [3.63, 3.8) is 0 Å². The fraction of sp³-hybridized carbons (Fsp3) is 0.333. The Hall–Kier alpha value is -3.30. The van der Waals surface area contributed by atoms with Gasteiger partial charge in [0, 0.05) is 44.0 Å². The summed E-state index contributed by atoms with van der Waals surface area (Å²) in [6.45, 7) is 2.39. The van der Waals surface area contributed by atoms with Crippen LogP contribution in [0.4, 0.5) is 5.69 Å². The van der Waals surface area contributed by atoms with Gasteiger partial charge < -0.3 is 20.9 Å². The quantitative estimate of drug-likeness (QED) is 0.823. The second-order valence-electron chi connectivity index (χ2n) is 8.02. The number of likely N-dealkylation sites (tertiary alicyclic amines) is 1. The normalized spacial score (nSPS) is 16.2. The lowest BCUT2D eigenvalue weighted by Gasteiger charge is -2.34. The molecule has 0 spiro atoms. The predicted octanol–water partition coefficient (Wildman–Crippen LogP) is 3.00. The number of carbonyl (C=O) groups excluding carboxylic acids is 1. The molecule has 0 aliphatic carbocycles. The highest BCUT2D eigenvalue weighted by atomic mass is 16.2. The van der Waals surface area contributed by atoms with E-state index in [1.54, 1.807) is 0 Å². The minimum atomic E-state index is 0.0250. The van der Waals surface area contributed by atoms with Crippen LogP contribution in [0, 0.1) is 11.3 Å². The summed E-state index contributed by atoms with van der Waals surface area (Å²) in [5, 5.41) is 13.0. The monoisotopic (exact) mass is 401 g/mol. The predicted molar refractivity (Wildman–Crippen MR) is 119 cm³/mol. The number of hydrogen-bond donors (Lipinski definition) is 2. The van der Waals surface area contributed by atoms with Gasteiger partial charge in [0.05, 0.1) is 18.2 Å². The van der Waals surface area contributed by atoms with Crippen LogP contribution >= 0.6 is 0 Å². The smallest absolute Gasteiger partial charge is 0.236 e. The van der Waals surface area contributed by atoms with Crippen LogP contribution < -0.4 is 11.1 Å². The van der Waals surface area contributed by atoms with E-state index >= 15 is 0 Å². The van der Waals surface area contributed by atoms with E-state index in [1.807, 2.05) is 29.2 Å². The van der Waals surface area contributed by atoms with E-state index in [-0.39, 0.29) is 12.5 Å². The van der Waals surface area contributed by atoms with Crippen LogP contribution in [-0.2, 0) is 11.3 Å². The number of amides is 1. The molecule has 0 unspecified atom stereocenters. The molecular formula is C24H27N5O. The van der Waals surface area contributed by atoms with Crippen LogP contribution in [0.2, 0.25) is 0 Å². The van der Waals surface area contributed by atoms with E-state index in [1.165, 1.54) is 11.1 Å². The third-order valence-electron chi connectivity index (χ3n) is 5.91. The molecule has 1 amide bonds. The van der Waals surface area contributed by atoms with Gasteiger partial charge in [-0.1, -0.05) is 12.1 Å². The largest absolute Gasteiger partial charge is 0.382 e. The molecule has 1 fully saturated rings. The number of fused-ring (bicyclic) bond motifs is 1. The zero-order valence-corrected chi connectivity index (χ0v) is 17.3. The van der Waals surface area contributed by atoms with Crippen molar-refractivity contribution < 1.29 is 4.79 Å². The first kappa shape index (κ1) is 20.0. The second kappa shape index (κ2) is 8.60. The number of nitriles is 1. The fourth-order valence-electron chi connectivity index (χ4n) is 4.22. The van der Waals surface area contributed by atoms with Crippen LogP contribution in [0.1, 0.15) is 29.5 Å². The van der Waals surface area contributed by atoms with Crippen LogP contribution in [0.3, 0.4) is 0 Å². The molecule has 2 aliphatic heterocycles. The summed E-state index contributed by atoms with van der Waals surface area (Å²) in [7, 11) is 2.07. The van der Waals surface area contributed by atoms with E-state index in [2.05, 4.69) is 47.7 Å². The molecule has 0 radical (unpaired) electrons. The average molecular weight is 402 g/mol. The lowest BCUT2D eigenvalue weighted by atomic mass is 9.94. The van der Waals surface area contributed by atoms with Gasteiger partial charge in [-0.25, -0.2) is 0 Å². The molecule has 2 heterocycles. The first-order chi connectivity index (χ1) is 14.6. The molecule has 2 aromatic rings. The molecule has 2 aromatic carbocycles. The summed E-state index contributed by atoms with van der Waals surface area (Å²) in [5.74, 6) is 0.0250. The summed E-state index contributed by atoms with van der Waals surface area (Å²) in [5.41, 5.74) is 11.9. The standard InChI is InChI=1S/C24H27N5O/c1-28-8-5-19-12-20(18-4-2-3-17(11-18)14-25)13-23(22(19)16-28)27-21-6-9-29(10-7-21)24(30)15-26/h2-5,8,11-13,21,27H,6-7,9-10,15-16,26H2,1H3. The average Bonchev–Trinajstić information content (AvgIpc) is 2.79. The number of nitrogens with two attached hydrogens (primary N) is 1. The number of piperidine rings is 1. The molecule has 3 N–H and O–H groups in total. The van der Waals surface area contributed by atoms with Crippen molar-refractivity contribution in [2.75, 3.05) is 32.0 Å². The molecule has 0 bridgehead atoms. The summed E-state index contributed by atoms with van der Waals surface area (Å²) in [6, 6.07) is 14.7. The van der Waals surface area contributed by atoms with Crippen molar-refractivity contribution >= 4 is 17.7 Å². The number of rotatable bonds is 4. The highest BCUT2D eigenvalue weighted by Crippen LogP contribution is 2.34. The Morgan fingerprint density at radius 3 is 2.77 bits per heavy atom. The van der Waals surface area contributed by atoms with E-state index in [9.17, 15) is 10.1 Å². The molecule has 6 nitrogen and oxygen atoms in total. The SMILES string of the molecule is CN1C=Cc2cc(-c3cccc(C#N)c3)cc(NC3CCN(C(=O)CN)CC3)c2C1. The molecular weight excluding hydrogens is 374 g/mol. The van der Waals surface area contributed by atoms with Gasteiger partial charge in [0.15, 0.2) is 0 Å². The Kier molecular flexibility index (Phi) is 5.73. The molecule has 2 aliphatic rings. The third kappa shape index (κ3) is 4.17. The number of anilines is 1. The molecule has 1 saturated heterocycles. The van der Waals surface area contributed by atoms with Crippen molar-refractivity contribution in [3.8, 4) is 17.2 Å². The molecule has 0 saturated carbocycles. The first-order valence-corrected chi connectivity index (χ1v) is 10.4. The summed E-state index contributed by atoms with van der Waals surface area (Å²) >= 11 is 0. The maximum absolute atomic E-state index is 11.9. The Labute approximate surface area is 177 Å². The molecule has 30 heavy (non-hydrogen) atoms. The molecule has 4 rings (SSSR count). The number of nitrogens with one attached hydrogen (secondary N) is 1. The maximum Gasteiger partial charge on any atom is 0.236 e. The molecule has 154 valence electrons. The summed E-state index contributed by atoms with van der Waals surface area (Å²) < 4.78 is 0. The van der Waals surface area contributed by atoms with Crippen molar-refractivity contribution in [1.29, 1.82) is 5.26 Å². The molecule has 6 heteroatoms. The second-order valence-corrected chi connectivity index (χ2v) is 8.02. The van der Waals surface area contributed by atoms with Gasteiger partial charge in [-0.05, 0) is 66.1 Å². The Balaban J connectivity index is 1.63. The number of benzene rings is 2. The van der Waals surface area contributed by atoms with Gasteiger partial charge >= 0.3 is 0 Å². The first-order valence-electron chi connectivity index (χ1n) is 10.4. The van der Waals surface area contributed by atoms with Gasteiger partial charge in [-0.3, -0.25) is 4.79 Å². The lowest BCUT2D eigenvalue weighted by Crippen LogP contribution is -2.44. The van der Waals surface area contributed by atoms with Gasteiger partial charge in [0.2, 0.25) is 5.91 Å². The van der Waals surface area contributed by atoms with E-state index in [4.69, 9.17) is 5.73 Å². The van der Waals surface area contributed by atoms with Crippen molar-refractivity contribution in [3.05, 3.63) is 59.3 Å². The van der Waals surface area contributed by atoms with Crippen molar-refractivity contribution in [2.45, 2.75) is 25.4 Å². The minimum absolute atomic E-state index is 0.0250. The number of nitrogens with zero attached hydrogens (tertiary/aromatic N) is 3. The fourth-order valence-corrected chi connectivity index (χ4v) is 4.22.